The summed E-state index contributed by atoms with van der Waals surface area (Å²) < 4.78 is 11.9. The van der Waals surface area contributed by atoms with Crippen LogP contribution in [0.1, 0.15) is 50.9 Å². The average molecular weight is 632 g/mol. The van der Waals surface area contributed by atoms with Crippen LogP contribution in [0.4, 0.5) is 10.5 Å². The second-order valence-electron chi connectivity index (χ2n) is 13.3. The first kappa shape index (κ1) is 31.3. The number of carbonyl (C=O) groups excluding carboxylic acids is 1. The van der Waals surface area contributed by atoms with E-state index in [4.69, 9.17) is 32.6 Å². The molecule has 10 nitrogen and oxygen atoms in total. The van der Waals surface area contributed by atoms with Gasteiger partial charge in [-0.05, 0) is 64.7 Å². The Bertz CT molecular complexity index is 1580. The largest absolute Gasteiger partial charge is 0.462 e. The van der Waals surface area contributed by atoms with Crippen molar-refractivity contribution in [3.8, 4) is 6.01 Å². The van der Waals surface area contributed by atoms with Gasteiger partial charge in [0.15, 0.2) is 0 Å². The quantitative estimate of drug-likeness (QED) is 0.323. The van der Waals surface area contributed by atoms with Crippen molar-refractivity contribution in [2.24, 2.45) is 0 Å². The molecule has 1 amide bonds. The Kier molecular flexibility index (Phi) is 9.05. The molecule has 2 saturated heterocycles. The smallest absolute Gasteiger partial charge is 0.410 e. The molecule has 11 heteroatoms. The van der Waals surface area contributed by atoms with E-state index >= 15 is 0 Å². The van der Waals surface area contributed by atoms with E-state index in [0.717, 1.165) is 40.7 Å². The van der Waals surface area contributed by atoms with Crippen molar-refractivity contribution in [2.45, 2.75) is 63.9 Å². The summed E-state index contributed by atoms with van der Waals surface area (Å²) in [5.74, 6) is 0. The van der Waals surface area contributed by atoms with Crippen LogP contribution in [0.3, 0.4) is 0 Å². The third kappa shape index (κ3) is 6.81. The first-order chi connectivity index (χ1) is 21.6. The van der Waals surface area contributed by atoms with Crippen LogP contribution in [0, 0.1) is 6.57 Å². The predicted molar refractivity (Wildman–Crippen MR) is 176 cm³/mol. The van der Waals surface area contributed by atoms with E-state index in [2.05, 4.69) is 55.8 Å². The highest BCUT2D eigenvalue weighted by Gasteiger charge is 2.40. The van der Waals surface area contributed by atoms with Gasteiger partial charge in [0, 0.05) is 55.1 Å². The molecular formula is C34H42ClN7O3. The summed E-state index contributed by atoms with van der Waals surface area (Å²) in [4.78, 5) is 35.2. The van der Waals surface area contributed by atoms with E-state index < -0.39 is 5.60 Å². The molecule has 1 aromatic heterocycles. The van der Waals surface area contributed by atoms with Crippen LogP contribution >= 0.6 is 11.6 Å². The van der Waals surface area contributed by atoms with Gasteiger partial charge in [0.25, 0.3) is 0 Å². The fourth-order valence-corrected chi connectivity index (χ4v) is 7.09. The Morgan fingerprint density at radius 2 is 1.91 bits per heavy atom. The van der Waals surface area contributed by atoms with Crippen LogP contribution in [-0.2, 0) is 11.3 Å². The molecule has 0 radical (unpaired) electrons. The number of hydrogen-bond donors (Lipinski definition) is 0. The highest BCUT2D eigenvalue weighted by Crippen LogP contribution is 2.39. The fraction of sp³-hybridized carbons (Fsp3) is 0.529. The number of nitrogens with zero attached hydrogens (tertiary/aromatic N) is 7. The van der Waals surface area contributed by atoms with E-state index in [1.807, 2.05) is 39.1 Å². The monoisotopic (exact) mass is 631 g/mol. The molecule has 4 heterocycles. The number of benzene rings is 2. The summed E-state index contributed by atoms with van der Waals surface area (Å²) in [5, 5.41) is 2.80. The van der Waals surface area contributed by atoms with Gasteiger partial charge in [0.2, 0.25) is 6.54 Å². The number of carbonyl (C=O) groups is 1. The highest BCUT2D eigenvalue weighted by molar-refractivity contribution is 6.36. The molecule has 45 heavy (non-hydrogen) atoms. The zero-order valence-corrected chi connectivity index (χ0v) is 27.3. The van der Waals surface area contributed by atoms with Crippen molar-refractivity contribution in [3.63, 3.8) is 0 Å². The minimum Gasteiger partial charge on any atom is -0.462 e. The third-order valence-corrected chi connectivity index (χ3v) is 9.42. The molecule has 0 bridgehead atoms. The van der Waals surface area contributed by atoms with Gasteiger partial charge < -0.3 is 24.1 Å². The molecule has 6 rings (SSSR count). The van der Waals surface area contributed by atoms with E-state index in [1.54, 1.807) is 4.90 Å². The molecule has 2 aromatic carbocycles. The number of hydrogen-bond acceptors (Lipinski definition) is 8. The SMILES string of the molecule is [C-]#[N+]C[C@H]1CN(C2CN(c3cccc4cccc(Cl)c34)Cc3nc(OC[C@@H]4CCCN4C)ncc32)CCN1C(=O)OC(C)(C)C. The lowest BCUT2D eigenvalue weighted by Crippen LogP contribution is -2.59. The molecule has 0 spiro atoms. The van der Waals surface area contributed by atoms with Crippen molar-refractivity contribution >= 4 is 34.2 Å². The van der Waals surface area contributed by atoms with Gasteiger partial charge in [-0.2, -0.15) is 4.98 Å². The summed E-state index contributed by atoms with van der Waals surface area (Å²) in [6.07, 6.45) is 3.83. The number of rotatable bonds is 6. The molecule has 0 aliphatic carbocycles. The number of fused-ring (bicyclic) bond motifs is 2. The highest BCUT2D eigenvalue weighted by atomic mass is 35.5. The van der Waals surface area contributed by atoms with Crippen LogP contribution in [-0.4, -0.2) is 101 Å². The first-order valence-corrected chi connectivity index (χ1v) is 16.2. The van der Waals surface area contributed by atoms with Gasteiger partial charge in [-0.25, -0.2) is 16.4 Å². The number of aromatic nitrogens is 2. The van der Waals surface area contributed by atoms with Gasteiger partial charge in [0.1, 0.15) is 18.2 Å². The zero-order valence-electron chi connectivity index (χ0n) is 26.6. The summed E-state index contributed by atoms with van der Waals surface area (Å²) >= 11 is 6.79. The van der Waals surface area contributed by atoms with E-state index in [9.17, 15) is 4.79 Å². The Morgan fingerprint density at radius 1 is 1.11 bits per heavy atom. The number of likely N-dealkylation sites (tertiary alicyclic amines) is 1. The summed E-state index contributed by atoms with van der Waals surface area (Å²) in [7, 11) is 2.14. The zero-order chi connectivity index (χ0) is 31.7. The van der Waals surface area contributed by atoms with E-state index in [0.29, 0.717) is 56.4 Å². The number of amides is 1. The van der Waals surface area contributed by atoms with Gasteiger partial charge >= 0.3 is 12.1 Å². The normalized spacial score (nSPS) is 22.7. The lowest BCUT2D eigenvalue weighted by Gasteiger charge is -2.46. The topological polar surface area (TPSA) is 78.6 Å². The molecule has 1 unspecified atom stereocenters. The number of halogens is 1. The Hall–Kier alpha value is -3.65. The number of likely N-dealkylation sites (N-methyl/N-ethyl adjacent to an activating group) is 1. The average Bonchev–Trinajstić information content (AvgIpc) is 3.42. The Labute approximate surface area is 270 Å². The maximum atomic E-state index is 13.1. The molecule has 3 aromatic rings. The summed E-state index contributed by atoms with van der Waals surface area (Å²) in [5.41, 5.74) is 2.41. The molecular weight excluding hydrogens is 590 g/mol. The second kappa shape index (κ2) is 13.0. The first-order valence-electron chi connectivity index (χ1n) is 15.8. The van der Waals surface area contributed by atoms with Gasteiger partial charge in [0.05, 0.1) is 23.3 Å². The second-order valence-corrected chi connectivity index (χ2v) is 13.7. The van der Waals surface area contributed by atoms with Crippen LogP contribution in [0.25, 0.3) is 15.6 Å². The summed E-state index contributed by atoms with van der Waals surface area (Å²) in [6, 6.07) is 12.7. The molecule has 3 aliphatic heterocycles. The summed E-state index contributed by atoms with van der Waals surface area (Å²) in [6.45, 7) is 18.0. The lowest BCUT2D eigenvalue weighted by atomic mass is 9.96. The number of piperazine rings is 1. The number of ether oxygens (including phenoxy) is 2. The minimum absolute atomic E-state index is 0.0597. The Balaban J connectivity index is 1.32. The van der Waals surface area contributed by atoms with E-state index in [-0.39, 0.29) is 24.7 Å². The maximum absolute atomic E-state index is 13.1. The van der Waals surface area contributed by atoms with Crippen molar-refractivity contribution in [1.29, 1.82) is 0 Å². The number of anilines is 1. The van der Waals surface area contributed by atoms with Gasteiger partial charge in [-0.15, -0.1) is 0 Å². The van der Waals surface area contributed by atoms with E-state index in [1.165, 1.54) is 6.42 Å². The van der Waals surface area contributed by atoms with Crippen LogP contribution in [0.2, 0.25) is 5.02 Å². The van der Waals surface area contributed by atoms with Crippen LogP contribution < -0.4 is 9.64 Å². The van der Waals surface area contributed by atoms with Crippen molar-refractivity contribution in [3.05, 3.63) is 70.3 Å². The molecule has 0 N–H and O–H groups in total. The molecule has 238 valence electrons. The molecule has 2 fully saturated rings. The van der Waals surface area contributed by atoms with Gasteiger partial charge in [-0.1, -0.05) is 35.9 Å². The fourth-order valence-electron chi connectivity index (χ4n) is 6.82. The van der Waals surface area contributed by atoms with Crippen molar-refractivity contribution < 1.29 is 14.3 Å². The van der Waals surface area contributed by atoms with Crippen LogP contribution in [0.15, 0.2) is 42.6 Å². The molecule has 3 aliphatic rings. The maximum Gasteiger partial charge on any atom is 0.410 e. The Morgan fingerprint density at radius 3 is 2.64 bits per heavy atom. The van der Waals surface area contributed by atoms with Crippen molar-refractivity contribution in [1.82, 2.24) is 24.7 Å². The molecule has 3 atom stereocenters. The third-order valence-electron chi connectivity index (χ3n) is 9.10. The predicted octanol–water partition coefficient (Wildman–Crippen LogP) is 5.66. The van der Waals surface area contributed by atoms with Crippen molar-refractivity contribution in [2.75, 3.05) is 57.8 Å². The van der Waals surface area contributed by atoms with Crippen LogP contribution in [0.5, 0.6) is 6.01 Å². The minimum atomic E-state index is -0.607. The van der Waals surface area contributed by atoms with Gasteiger partial charge in [-0.3, -0.25) is 9.80 Å². The molecule has 0 saturated carbocycles. The standard InChI is InChI=1S/C34H42ClN7O3/c1-34(2,3)45-33(43)42-16-15-40(19-25(42)17-36-4)30-21-41(29-13-7-10-23-9-6-12-27(35)31(23)29)20-28-26(30)18-37-32(38-28)44-22-24-11-8-14-39(24)5/h6-7,9-10,12-13,18,24-25,30H,8,11,14-17,19-22H2,1-3,5H3/t24-,25-,30?/m0/s1. The lowest BCUT2D eigenvalue weighted by molar-refractivity contribution is -0.00514.